The van der Waals surface area contributed by atoms with Crippen molar-refractivity contribution in [2.75, 3.05) is 37.9 Å². The van der Waals surface area contributed by atoms with Crippen molar-refractivity contribution in [2.24, 2.45) is 0 Å². The van der Waals surface area contributed by atoms with Crippen molar-refractivity contribution in [3.8, 4) is 0 Å². The monoisotopic (exact) mass is 367 g/mol. The summed E-state index contributed by atoms with van der Waals surface area (Å²) in [7, 11) is 5.43. The van der Waals surface area contributed by atoms with E-state index >= 15 is 0 Å². The van der Waals surface area contributed by atoms with E-state index in [0.717, 1.165) is 25.1 Å². The number of pyridine rings is 1. The van der Waals surface area contributed by atoms with Crippen LogP contribution in [0.3, 0.4) is 0 Å². The molecule has 142 valence electrons. The molecule has 1 aliphatic rings. The van der Waals surface area contributed by atoms with Gasteiger partial charge in [0.15, 0.2) is 0 Å². The van der Waals surface area contributed by atoms with E-state index in [1.165, 1.54) is 16.2 Å². The average molecular weight is 367 g/mol. The van der Waals surface area contributed by atoms with Crippen LogP contribution < -0.4 is 15.5 Å². The van der Waals surface area contributed by atoms with Gasteiger partial charge in [-0.05, 0) is 48.7 Å². The molecule has 0 saturated carbocycles. The predicted octanol–water partition coefficient (Wildman–Crippen LogP) is 2.49. The van der Waals surface area contributed by atoms with E-state index in [1.54, 1.807) is 32.4 Å². The highest BCUT2D eigenvalue weighted by atomic mass is 16.2. The average Bonchev–Trinajstić information content (AvgIpc) is 2.66. The minimum absolute atomic E-state index is 0.193. The van der Waals surface area contributed by atoms with Gasteiger partial charge in [0.2, 0.25) is 0 Å². The van der Waals surface area contributed by atoms with Crippen molar-refractivity contribution < 1.29 is 9.59 Å². The van der Waals surface area contributed by atoms with Gasteiger partial charge in [-0.3, -0.25) is 9.78 Å². The Morgan fingerprint density at radius 1 is 1.22 bits per heavy atom. The lowest BCUT2D eigenvalue weighted by atomic mass is 10.0. The second-order valence-corrected chi connectivity index (χ2v) is 6.91. The maximum Gasteiger partial charge on any atom is 0.317 e. The summed E-state index contributed by atoms with van der Waals surface area (Å²) in [6.45, 7) is 1.33. The van der Waals surface area contributed by atoms with Crippen molar-refractivity contribution in [3.05, 3.63) is 53.3 Å². The summed E-state index contributed by atoms with van der Waals surface area (Å²) in [5.74, 6) is -0.193. The van der Waals surface area contributed by atoms with Crippen molar-refractivity contribution in [3.63, 3.8) is 0 Å². The number of carbonyl (C=O) groups is 2. The normalized spacial score (nSPS) is 12.9. The molecule has 0 spiro atoms. The molecule has 0 saturated heterocycles. The van der Waals surface area contributed by atoms with Crippen molar-refractivity contribution in [1.29, 1.82) is 0 Å². The third-order valence-corrected chi connectivity index (χ3v) is 4.59. The molecule has 1 aromatic carbocycles. The number of fused-ring (bicyclic) bond motifs is 1. The minimum Gasteiger partial charge on any atom is -0.374 e. The smallest absolute Gasteiger partial charge is 0.317 e. The number of hydrogen-bond acceptors (Lipinski definition) is 4. The largest absolute Gasteiger partial charge is 0.374 e. The number of hydrogen-bond donors (Lipinski definition) is 2. The summed E-state index contributed by atoms with van der Waals surface area (Å²) in [6, 6.07) is 9.18. The van der Waals surface area contributed by atoms with Crippen LogP contribution in [-0.2, 0) is 13.0 Å². The number of nitrogens with one attached hydrogen (secondary N) is 2. The van der Waals surface area contributed by atoms with Gasteiger partial charge in [0.25, 0.3) is 5.91 Å². The van der Waals surface area contributed by atoms with Crippen molar-refractivity contribution >= 4 is 23.3 Å². The van der Waals surface area contributed by atoms with E-state index in [1.807, 2.05) is 12.1 Å². The Bertz CT molecular complexity index is 850. The van der Waals surface area contributed by atoms with Gasteiger partial charge in [-0.1, -0.05) is 0 Å². The molecule has 7 nitrogen and oxygen atoms in total. The maximum atomic E-state index is 12.6. The zero-order chi connectivity index (χ0) is 19.4. The molecule has 27 heavy (non-hydrogen) atoms. The molecule has 3 amide bonds. The first-order chi connectivity index (χ1) is 12.9. The molecule has 0 radical (unpaired) electrons. The van der Waals surface area contributed by atoms with E-state index < -0.39 is 0 Å². The Labute approximate surface area is 159 Å². The number of carbonyl (C=O) groups excluding carboxylic acids is 2. The Morgan fingerprint density at radius 3 is 2.81 bits per heavy atom. The Balaban J connectivity index is 1.68. The topological polar surface area (TPSA) is 77.6 Å². The summed E-state index contributed by atoms with van der Waals surface area (Å²) < 4.78 is 0. The van der Waals surface area contributed by atoms with E-state index in [4.69, 9.17) is 0 Å². The van der Waals surface area contributed by atoms with Gasteiger partial charge >= 0.3 is 6.03 Å². The summed E-state index contributed by atoms with van der Waals surface area (Å²) in [5, 5.41) is 5.69. The molecule has 7 heteroatoms. The number of benzene rings is 1. The van der Waals surface area contributed by atoms with E-state index in [-0.39, 0.29) is 18.5 Å². The summed E-state index contributed by atoms with van der Waals surface area (Å²) in [5.41, 5.74) is 4.40. The number of aromatic nitrogens is 1. The first kappa shape index (κ1) is 18.7. The third kappa shape index (κ3) is 4.55. The van der Waals surface area contributed by atoms with E-state index in [9.17, 15) is 9.59 Å². The summed E-state index contributed by atoms with van der Waals surface area (Å²) >= 11 is 0. The van der Waals surface area contributed by atoms with Crippen LogP contribution in [0.1, 0.15) is 28.0 Å². The highest BCUT2D eigenvalue weighted by Crippen LogP contribution is 2.28. The zero-order valence-corrected chi connectivity index (χ0v) is 16.0. The fraction of sp³-hybridized carbons (Fsp3) is 0.350. The van der Waals surface area contributed by atoms with Crippen LogP contribution in [0.5, 0.6) is 0 Å². The first-order valence-electron chi connectivity index (χ1n) is 8.99. The fourth-order valence-corrected chi connectivity index (χ4v) is 3.11. The minimum atomic E-state index is -0.203. The molecular weight excluding hydrogens is 342 g/mol. The van der Waals surface area contributed by atoms with Crippen LogP contribution in [0.15, 0.2) is 36.5 Å². The quantitative estimate of drug-likeness (QED) is 0.870. The molecule has 3 rings (SSSR count). The highest BCUT2D eigenvalue weighted by Gasteiger charge is 2.15. The van der Waals surface area contributed by atoms with Gasteiger partial charge in [-0.15, -0.1) is 0 Å². The Kier molecular flexibility index (Phi) is 5.59. The molecular formula is C20H25N5O2. The van der Waals surface area contributed by atoms with Gasteiger partial charge < -0.3 is 20.4 Å². The molecule has 0 atom stereocenters. The molecule has 2 heterocycles. The molecule has 0 fully saturated rings. The van der Waals surface area contributed by atoms with Gasteiger partial charge in [0.1, 0.15) is 0 Å². The highest BCUT2D eigenvalue weighted by molar-refractivity contribution is 6.04. The SMILES string of the molecule is CN(C)C(=O)NCc1cc(C(=O)Nc2ccc3c(c2)CCCN3C)ccn1. The fourth-order valence-electron chi connectivity index (χ4n) is 3.11. The molecule has 1 aliphatic heterocycles. The summed E-state index contributed by atoms with van der Waals surface area (Å²) in [4.78, 5) is 32.1. The molecule has 0 bridgehead atoms. The second-order valence-electron chi connectivity index (χ2n) is 6.91. The number of urea groups is 1. The van der Waals surface area contributed by atoms with Crippen LogP contribution in [-0.4, -0.2) is 49.5 Å². The molecule has 0 unspecified atom stereocenters. The van der Waals surface area contributed by atoms with Gasteiger partial charge in [-0.25, -0.2) is 4.79 Å². The maximum absolute atomic E-state index is 12.6. The first-order valence-corrected chi connectivity index (χ1v) is 8.99. The lowest BCUT2D eigenvalue weighted by Crippen LogP contribution is -2.34. The van der Waals surface area contributed by atoms with Crippen molar-refractivity contribution in [1.82, 2.24) is 15.2 Å². The zero-order valence-electron chi connectivity index (χ0n) is 16.0. The number of anilines is 2. The number of nitrogens with zero attached hydrogens (tertiary/aromatic N) is 3. The van der Waals surface area contributed by atoms with Crippen LogP contribution in [0, 0.1) is 0 Å². The third-order valence-electron chi connectivity index (χ3n) is 4.59. The predicted molar refractivity (Wildman–Crippen MR) is 106 cm³/mol. The lowest BCUT2D eigenvalue weighted by molar-refractivity contribution is 0.102. The van der Waals surface area contributed by atoms with Gasteiger partial charge in [0.05, 0.1) is 12.2 Å². The molecule has 0 aliphatic carbocycles. The Morgan fingerprint density at radius 2 is 2.04 bits per heavy atom. The molecule has 2 N–H and O–H groups in total. The molecule has 1 aromatic heterocycles. The van der Waals surface area contributed by atoms with Crippen LogP contribution in [0.2, 0.25) is 0 Å². The van der Waals surface area contributed by atoms with Gasteiger partial charge in [0, 0.05) is 50.8 Å². The van der Waals surface area contributed by atoms with Crippen LogP contribution in [0.25, 0.3) is 0 Å². The standard InChI is InChI=1S/C20H25N5O2/c1-24(2)20(27)22-13-17-12-15(8-9-21-17)19(26)23-16-6-7-18-14(11-16)5-4-10-25(18)3/h6-9,11-12H,4-5,10,13H2,1-3H3,(H,22,27)(H,23,26). The van der Waals surface area contributed by atoms with E-state index in [2.05, 4.69) is 33.6 Å². The van der Waals surface area contributed by atoms with Crippen molar-refractivity contribution in [2.45, 2.75) is 19.4 Å². The Hall–Kier alpha value is -3.09. The molecule has 2 aromatic rings. The van der Waals surface area contributed by atoms with Gasteiger partial charge in [-0.2, -0.15) is 0 Å². The summed E-state index contributed by atoms with van der Waals surface area (Å²) in [6.07, 6.45) is 3.72. The number of aryl methyl sites for hydroxylation is 1. The van der Waals surface area contributed by atoms with Crippen LogP contribution >= 0.6 is 0 Å². The number of rotatable bonds is 4. The lowest BCUT2D eigenvalue weighted by Gasteiger charge is -2.27. The number of amides is 3. The second kappa shape index (κ2) is 8.07. The van der Waals surface area contributed by atoms with Crippen LogP contribution in [0.4, 0.5) is 16.2 Å². The van der Waals surface area contributed by atoms with E-state index in [0.29, 0.717) is 11.3 Å².